The van der Waals surface area contributed by atoms with Gasteiger partial charge in [-0.1, -0.05) is 0 Å². The van der Waals surface area contributed by atoms with Crippen LogP contribution in [-0.4, -0.2) is 82.2 Å². The van der Waals surface area contributed by atoms with Crippen molar-refractivity contribution in [1.29, 1.82) is 0 Å². The van der Waals surface area contributed by atoms with Crippen LogP contribution >= 0.6 is 0 Å². The molecule has 0 radical (unpaired) electrons. The Morgan fingerprint density at radius 1 is 1.16 bits per heavy atom. The molecule has 0 aliphatic carbocycles. The van der Waals surface area contributed by atoms with Gasteiger partial charge in [-0.2, -0.15) is 14.6 Å². The SMILES string of the molecule is CS(=O)(=O)N1CCC(Nc2nc3cc(-c4cn[nH]c4)cc(N4CCCC(F)C4)n3n2)CC1. The second-order valence-electron chi connectivity index (χ2n) is 8.56. The molecule has 1 atom stereocenters. The Bertz CT molecular complexity index is 1190. The van der Waals surface area contributed by atoms with Gasteiger partial charge < -0.3 is 10.2 Å². The first-order chi connectivity index (χ1) is 15.4. The largest absolute Gasteiger partial charge is 0.354 e. The standard InChI is InChI=1S/C20H27FN8O2S/c1-32(30,31)28-7-4-17(5-8-28)24-20-25-18-9-14(15-11-22-23-12-15)10-19(29(18)26-20)27-6-2-3-16(21)13-27/h9-12,16-17H,2-8,13H2,1H3,(H,22,23)(H,24,26). The molecule has 0 bridgehead atoms. The van der Waals surface area contributed by atoms with Crippen LogP contribution in [0.5, 0.6) is 0 Å². The highest BCUT2D eigenvalue weighted by molar-refractivity contribution is 7.88. The van der Waals surface area contributed by atoms with E-state index in [0.29, 0.717) is 50.5 Å². The third-order valence-electron chi connectivity index (χ3n) is 6.19. The average molecular weight is 463 g/mol. The number of alkyl halides is 1. The average Bonchev–Trinajstić information content (AvgIpc) is 3.42. The molecule has 32 heavy (non-hydrogen) atoms. The second-order valence-corrected chi connectivity index (χ2v) is 10.5. The van der Waals surface area contributed by atoms with Crippen LogP contribution in [0.3, 0.4) is 0 Å². The van der Waals surface area contributed by atoms with Crippen LogP contribution in [0.4, 0.5) is 16.2 Å². The second kappa shape index (κ2) is 8.32. The Morgan fingerprint density at radius 3 is 2.66 bits per heavy atom. The van der Waals surface area contributed by atoms with Crippen molar-refractivity contribution in [2.75, 3.05) is 42.7 Å². The first kappa shape index (κ1) is 21.1. The predicted octanol–water partition coefficient (Wildman–Crippen LogP) is 1.89. The summed E-state index contributed by atoms with van der Waals surface area (Å²) in [6, 6.07) is 4.03. The number of H-pyrrole nitrogens is 1. The van der Waals surface area contributed by atoms with E-state index < -0.39 is 16.2 Å². The number of anilines is 2. The van der Waals surface area contributed by atoms with Gasteiger partial charge in [-0.05, 0) is 43.4 Å². The van der Waals surface area contributed by atoms with Gasteiger partial charge in [0, 0.05) is 37.4 Å². The maximum absolute atomic E-state index is 14.2. The van der Waals surface area contributed by atoms with E-state index in [0.717, 1.165) is 29.9 Å². The molecule has 172 valence electrons. The number of nitrogens with one attached hydrogen (secondary N) is 2. The monoisotopic (exact) mass is 462 g/mol. The minimum atomic E-state index is -3.17. The smallest absolute Gasteiger partial charge is 0.243 e. The van der Waals surface area contributed by atoms with Crippen LogP contribution in [0.2, 0.25) is 0 Å². The van der Waals surface area contributed by atoms with Gasteiger partial charge in [0.25, 0.3) is 0 Å². The maximum atomic E-state index is 14.2. The molecule has 0 spiro atoms. The fourth-order valence-corrected chi connectivity index (χ4v) is 5.35. The molecule has 2 fully saturated rings. The van der Waals surface area contributed by atoms with E-state index in [1.165, 1.54) is 10.6 Å². The van der Waals surface area contributed by atoms with Gasteiger partial charge in [0.05, 0.1) is 19.0 Å². The first-order valence-corrected chi connectivity index (χ1v) is 12.7. The Kier molecular flexibility index (Phi) is 5.49. The number of nitrogens with zero attached hydrogens (tertiary/aromatic N) is 6. The van der Waals surface area contributed by atoms with Gasteiger partial charge in [0.2, 0.25) is 16.0 Å². The van der Waals surface area contributed by atoms with Crippen LogP contribution in [0, 0.1) is 0 Å². The number of fused-ring (bicyclic) bond motifs is 1. The van der Waals surface area contributed by atoms with E-state index in [4.69, 9.17) is 0 Å². The van der Waals surface area contributed by atoms with Crippen LogP contribution in [0.25, 0.3) is 16.8 Å². The number of halogens is 1. The topological polar surface area (TPSA) is 112 Å². The van der Waals surface area contributed by atoms with Gasteiger partial charge in [-0.3, -0.25) is 5.10 Å². The zero-order valence-corrected chi connectivity index (χ0v) is 18.7. The van der Waals surface area contributed by atoms with Crippen LogP contribution in [-0.2, 0) is 10.0 Å². The molecule has 2 N–H and O–H groups in total. The molecule has 3 aromatic heterocycles. The first-order valence-electron chi connectivity index (χ1n) is 10.9. The van der Waals surface area contributed by atoms with Crippen molar-refractivity contribution in [3.63, 3.8) is 0 Å². The van der Waals surface area contributed by atoms with Crippen LogP contribution in [0.1, 0.15) is 25.7 Å². The summed E-state index contributed by atoms with van der Waals surface area (Å²) in [4.78, 5) is 6.70. The number of hydrogen-bond acceptors (Lipinski definition) is 7. The van der Waals surface area contributed by atoms with Gasteiger partial charge in [-0.15, -0.1) is 5.10 Å². The van der Waals surface area contributed by atoms with Gasteiger partial charge in [-0.25, -0.2) is 17.1 Å². The highest BCUT2D eigenvalue weighted by Gasteiger charge is 2.27. The lowest BCUT2D eigenvalue weighted by Gasteiger charge is -2.31. The summed E-state index contributed by atoms with van der Waals surface area (Å²) in [6.07, 6.45) is 6.68. The zero-order chi connectivity index (χ0) is 22.3. The molecule has 10 nitrogen and oxygen atoms in total. The molecule has 2 saturated heterocycles. The highest BCUT2D eigenvalue weighted by atomic mass is 32.2. The minimum Gasteiger partial charge on any atom is -0.354 e. The summed E-state index contributed by atoms with van der Waals surface area (Å²) in [5.41, 5.74) is 2.52. The van der Waals surface area contributed by atoms with Gasteiger partial charge in [0.1, 0.15) is 12.0 Å². The number of sulfonamides is 1. The number of piperidine rings is 2. The summed E-state index contributed by atoms with van der Waals surface area (Å²) in [6.45, 7) is 2.05. The fraction of sp³-hybridized carbons (Fsp3) is 0.550. The maximum Gasteiger partial charge on any atom is 0.243 e. The van der Waals surface area contributed by atoms with Crippen molar-refractivity contribution in [3.8, 4) is 11.1 Å². The van der Waals surface area contributed by atoms with Gasteiger partial charge in [0.15, 0.2) is 5.65 Å². The van der Waals surface area contributed by atoms with Crippen molar-refractivity contribution >= 4 is 27.4 Å². The molecule has 5 heterocycles. The number of pyridine rings is 1. The predicted molar refractivity (Wildman–Crippen MR) is 120 cm³/mol. The molecule has 3 aromatic rings. The summed E-state index contributed by atoms with van der Waals surface area (Å²) < 4.78 is 40.9. The van der Waals surface area contributed by atoms with Gasteiger partial charge >= 0.3 is 0 Å². The van der Waals surface area contributed by atoms with E-state index in [2.05, 4.69) is 25.6 Å². The summed E-state index contributed by atoms with van der Waals surface area (Å²) >= 11 is 0. The lowest BCUT2D eigenvalue weighted by Crippen LogP contribution is -2.42. The van der Waals surface area contributed by atoms with E-state index >= 15 is 0 Å². The third kappa shape index (κ3) is 4.29. The molecule has 2 aliphatic rings. The van der Waals surface area contributed by atoms with Crippen molar-refractivity contribution in [3.05, 3.63) is 24.5 Å². The zero-order valence-electron chi connectivity index (χ0n) is 17.9. The molecular formula is C20H27FN8O2S. The molecule has 5 rings (SSSR count). The summed E-state index contributed by atoms with van der Waals surface area (Å²) in [5.74, 6) is 1.29. The van der Waals surface area contributed by atoms with Crippen molar-refractivity contribution in [2.45, 2.75) is 37.9 Å². The summed E-state index contributed by atoms with van der Waals surface area (Å²) in [5, 5.41) is 14.9. The van der Waals surface area contributed by atoms with E-state index in [1.807, 2.05) is 23.2 Å². The van der Waals surface area contributed by atoms with Crippen molar-refractivity contribution in [2.24, 2.45) is 0 Å². The van der Waals surface area contributed by atoms with Crippen molar-refractivity contribution < 1.29 is 12.8 Å². The fourth-order valence-electron chi connectivity index (χ4n) is 4.48. The molecule has 0 amide bonds. The Morgan fingerprint density at radius 2 is 1.97 bits per heavy atom. The third-order valence-corrected chi connectivity index (χ3v) is 7.50. The minimum absolute atomic E-state index is 0.0902. The van der Waals surface area contributed by atoms with Crippen molar-refractivity contribution in [1.82, 2.24) is 29.1 Å². The number of aromatic nitrogens is 5. The Hall–Kier alpha value is -2.73. The highest BCUT2D eigenvalue weighted by Crippen LogP contribution is 2.29. The Labute approximate surface area is 185 Å². The van der Waals surface area contributed by atoms with E-state index in [-0.39, 0.29) is 6.04 Å². The quantitative estimate of drug-likeness (QED) is 0.596. The molecule has 12 heteroatoms. The molecule has 0 aromatic carbocycles. The number of rotatable bonds is 5. The number of hydrogen-bond donors (Lipinski definition) is 2. The summed E-state index contributed by atoms with van der Waals surface area (Å²) in [7, 11) is -3.17. The van der Waals surface area contributed by atoms with E-state index in [9.17, 15) is 12.8 Å². The molecular weight excluding hydrogens is 435 g/mol. The molecule has 1 unspecified atom stereocenters. The lowest BCUT2D eigenvalue weighted by molar-refractivity contribution is 0.285. The van der Waals surface area contributed by atoms with Crippen LogP contribution < -0.4 is 10.2 Å². The lowest BCUT2D eigenvalue weighted by atomic mass is 10.1. The Balaban J connectivity index is 1.44. The normalized spacial score (nSPS) is 21.3. The van der Waals surface area contributed by atoms with E-state index in [1.54, 1.807) is 10.7 Å². The molecule has 2 aliphatic heterocycles. The molecule has 0 saturated carbocycles. The van der Waals surface area contributed by atoms with Crippen LogP contribution in [0.15, 0.2) is 24.5 Å². The number of aromatic amines is 1.